The molecule has 11 nitrogen and oxygen atoms in total. The Kier molecular flexibility index (Phi) is 7.07. The van der Waals surface area contributed by atoms with E-state index in [1.807, 2.05) is 26.0 Å². The Balaban J connectivity index is 1.69. The Morgan fingerprint density at radius 2 is 1.79 bits per heavy atom. The molecule has 15 heteroatoms. The van der Waals surface area contributed by atoms with Crippen molar-refractivity contribution in [3.05, 3.63) is 44.1 Å². The first kappa shape index (κ1) is 25.3. The van der Waals surface area contributed by atoms with Gasteiger partial charge in [0.05, 0.1) is 11.0 Å². The number of fused-ring (bicyclic) bond motifs is 2. The lowest BCUT2D eigenvalue weighted by Crippen LogP contribution is -2.40. The van der Waals surface area contributed by atoms with Crippen LogP contribution < -0.4 is 21.3 Å². The highest BCUT2D eigenvalue weighted by Crippen LogP contribution is 2.23. The summed E-state index contributed by atoms with van der Waals surface area (Å²) in [5, 5.41) is 2.98. The summed E-state index contributed by atoms with van der Waals surface area (Å²) in [5.41, 5.74) is -3.96. The highest BCUT2D eigenvalue weighted by Gasteiger charge is 2.46. The largest absolute Gasteiger partial charge is 0.516 e. The first-order valence-electron chi connectivity index (χ1n) is 10.0. The number of amides is 1. The standard InChI is InChI=1S/C19H21F3N6O5S/c1-10-8-12-13(9-11(10)2)28(16-15(24-12)17(30)26-18(31)25-16)7-6-23-5-3-4-14(29)27-34(32,33)19(20,21)22/h8-9,23H,3-7H2,1-2H3,(H,27,29)(H,26,30,31). The average molecular weight is 502 g/mol. The number of rotatable bonds is 8. The minimum atomic E-state index is -5.73. The quantitative estimate of drug-likeness (QED) is 0.298. The number of nitrogens with zero attached hydrogens (tertiary/aromatic N) is 3. The van der Waals surface area contributed by atoms with Gasteiger partial charge >= 0.3 is 21.2 Å². The summed E-state index contributed by atoms with van der Waals surface area (Å²) in [6.45, 7) is 4.53. The molecule has 0 fully saturated rings. The third-order valence-corrected chi connectivity index (χ3v) is 6.15. The number of nitrogens with one attached hydrogen (secondary N) is 3. The van der Waals surface area contributed by atoms with E-state index in [0.717, 1.165) is 15.8 Å². The Bertz CT molecular complexity index is 1430. The molecule has 0 aliphatic carbocycles. The van der Waals surface area contributed by atoms with E-state index in [4.69, 9.17) is 0 Å². The van der Waals surface area contributed by atoms with Crippen molar-refractivity contribution in [1.29, 1.82) is 0 Å². The number of halogens is 3. The topological polar surface area (TPSA) is 156 Å². The first-order chi connectivity index (χ1) is 15.8. The van der Waals surface area contributed by atoms with E-state index < -0.39 is 39.1 Å². The van der Waals surface area contributed by atoms with Crippen LogP contribution in [0.3, 0.4) is 0 Å². The molecule has 2 heterocycles. The van der Waals surface area contributed by atoms with Crippen molar-refractivity contribution in [2.45, 2.75) is 38.7 Å². The minimum absolute atomic E-state index is 0.00195. The third kappa shape index (κ3) is 5.41. The van der Waals surface area contributed by atoms with E-state index in [1.54, 1.807) is 4.57 Å². The summed E-state index contributed by atoms with van der Waals surface area (Å²) in [6.07, 6.45) is -0.367. The zero-order valence-corrected chi connectivity index (χ0v) is 18.9. The van der Waals surface area contributed by atoms with Gasteiger partial charge in [-0.1, -0.05) is 0 Å². The molecule has 1 aromatic carbocycles. The number of H-pyrrole nitrogens is 1. The van der Waals surface area contributed by atoms with Crippen LogP contribution in [0, 0.1) is 13.8 Å². The van der Waals surface area contributed by atoms with Gasteiger partial charge in [-0.05, 0) is 50.1 Å². The molecular formula is C19H21F3N6O5S. The SMILES string of the molecule is Cc1cc2nc3c(=O)[nH]c(=O)nc-3n(CCNCCCC(=O)NS(=O)(=O)C(F)(F)F)c2cc1C. The van der Waals surface area contributed by atoms with E-state index in [9.17, 15) is 36.0 Å². The maximum absolute atomic E-state index is 12.3. The van der Waals surface area contributed by atoms with E-state index in [2.05, 4.69) is 20.3 Å². The van der Waals surface area contributed by atoms with Gasteiger partial charge in [0.2, 0.25) is 5.91 Å². The van der Waals surface area contributed by atoms with Gasteiger partial charge in [-0.25, -0.2) is 14.5 Å². The fourth-order valence-corrected chi connectivity index (χ4v) is 3.74. The number of carbonyl (C=O) groups excluding carboxylic acids is 1. The van der Waals surface area contributed by atoms with Crippen LogP contribution >= 0.6 is 0 Å². The summed E-state index contributed by atoms with van der Waals surface area (Å²) in [6, 6.07) is 3.67. The number of aromatic nitrogens is 4. The fraction of sp³-hybridized carbons (Fsp3) is 0.421. The van der Waals surface area contributed by atoms with Crippen LogP contribution in [-0.4, -0.2) is 52.4 Å². The molecule has 1 aromatic rings. The van der Waals surface area contributed by atoms with E-state index >= 15 is 0 Å². The lowest BCUT2D eigenvalue weighted by Gasteiger charge is -2.18. The maximum Gasteiger partial charge on any atom is 0.516 e. The molecule has 3 rings (SSSR count). The zero-order chi connectivity index (χ0) is 25.3. The van der Waals surface area contributed by atoms with Crippen LogP contribution in [0.25, 0.3) is 22.6 Å². The first-order valence-corrected chi connectivity index (χ1v) is 11.5. The summed E-state index contributed by atoms with van der Waals surface area (Å²) in [7, 11) is -5.73. The molecular weight excluding hydrogens is 481 g/mol. The van der Waals surface area contributed by atoms with Crippen LogP contribution in [-0.2, 0) is 21.4 Å². The van der Waals surface area contributed by atoms with Crippen LogP contribution in [0.15, 0.2) is 21.7 Å². The molecule has 0 spiro atoms. The average Bonchev–Trinajstić information content (AvgIpc) is 2.70. The van der Waals surface area contributed by atoms with E-state index in [-0.39, 0.29) is 37.6 Å². The molecule has 3 N–H and O–H groups in total. The van der Waals surface area contributed by atoms with Crippen molar-refractivity contribution in [3.8, 4) is 11.5 Å². The number of hydrogen-bond donors (Lipinski definition) is 3. The molecule has 1 amide bonds. The molecule has 0 aromatic heterocycles. The molecule has 0 unspecified atom stereocenters. The summed E-state index contributed by atoms with van der Waals surface area (Å²) in [4.78, 5) is 45.8. The van der Waals surface area contributed by atoms with Gasteiger partial charge in [0.15, 0.2) is 11.5 Å². The van der Waals surface area contributed by atoms with Gasteiger partial charge in [-0.2, -0.15) is 26.6 Å². The molecule has 184 valence electrons. The van der Waals surface area contributed by atoms with Crippen molar-refractivity contribution >= 4 is 27.0 Å². The van der Waals surface area contributed by atoms with Crippen molar-refractivity contribution in [1.82, 2.24) is 29.6 Å². The minimum Gasteiger partial charge on any atom is -0.321 e. The number of aromatic amines is 1. The smallest absolute Gasteiger partial charge is 0.321 e. The monoisotopic (exact) mass is 502 g/mol. The van der Waals surface area contributed by atoms with Crippen molar-refractivity contribution in [2.75, 3.05) is 13.1 Å². The number of alkyl halides is 3. The summed E-state index contributed by atoms with van der Waals surface area (Å²) in [5.74, 6) is -1.17. The highest BCUT2D eigenvalue weighted by atomic mass is 32.2. The molecule has 2 aliphatic heterocycles. The molecule has 0 saturated heterocycles. The number of sulfonamides is 1. The second-order valence-electron chi connectivity index (χ2n) is 7.56. The molecule has 0 atom stereocenters. The zero-order valence-electron chi connectivity index (χ0n) is 18.1. The lowest BCUT2D eigenvalue weighted by atomic mass is 10.1. The molecule has 34 heavy (non-hydrogen) atoms. The number of benzene rings is 1. The van der Waals surface area contributed by atoms with E-state index in [0.29, 0.717) is 11.0 Å². The van der Waals surface area contributed by atoms with Gasteiger partial charge in [-0.15, -0.1) is 0 Å². The van der Waals surface area contributed by atoms with Crippen LogP contribution in [0.2, 0.25) is 0 Å². The van der Waals surface area contributed by atoms with Gasteiger partial charge in [-0.3, -0.25) is 14.6 Å². The number of aryl methyl sites for hydroxylation is 2. The number of hydrogen-bond acceptors (Lipinski definition) is 8. The van der Waals surface area contributed by atoms with Crippen molar-refractivity contribution in [3.63, 3.8) is 0 Å². The van der Waals surface area contributed by atoms with Gasteiger partial charge in [0, 0.05) is 19.5 Å². The predicted molar refractivity (Wildman–Crippen MR) is 116 cm³/mol. The lowest BCUT2D eigenvalue weighted by molar-refractivity contribution is -0.120. The Hall–Kier alpha value is -3.33. The second kappa shape index (κ2) is 9.50. The number of carbonyl (C=O) groups is 1. The van der Waals surface area contributed by atoms with Crippen LogP contribution in [0.5, 0.6) is 0 Å². The van der Waals surface area contributed by atoms with Gasteiger partial charge < -0.3 is 9.88 Å². The Morgan fingerprint density at radius 1 is 1.12 bits per heavy atom. The Labute approximate surface area is 190 Å². The maximum atomic E-state index is 12.3. The molecule has 2 aliphatic rings. The predicted octanol–water partition coefficient (Wildman–Crippen LogP) is 0.537. The van der Waals surface area contributed by atoms with Gasteiger partial charge in [0.1, 0.15) is 0 Å². The van der Waals surface area contributed by atoms with Crippen molar-refractivity contribution in [2.24, 2.45) is 0 Å². The molecule has 0 bridgehead atoms. The van der Waals surface area contributed by atoms with E-state index in [1.165, 1.54) is 0 Å². The highest BCUT2D eigenvalue weighted by molar-refractivity contribution is 7.90. The second-order valence-corrected chi connectivity index (χ2v) is 9.23. The van der Waals surface area contributed by atoms with Crippen molar-refractivity contribution < 1.29 is 26.4 Å². The normalized spacial score (nSPS) is 12.4. The molecule has 0 saturated carbocycles. The van der Waals surface area contributed by atoms with Crippen LogP contribution in [0.1, 0.15) is 24.0 Å². The fourth-order valence-electron chi connectivity index (χ4n) is 3.22. The third-order valence-electron chi connectivity index (χ3n) is 5.05. The molecule has 0 radical (unpaired) electrons. The van der Waals surface area contributed by atoms with Crippen LogP contribution in [0.4, 0.5) is 13.2 Å². The Morgan fingerprint density at radius 3 is 2.47 bits per heavy atom. The van der Waals surface area contributed by atoms with Gasteiger partial charge in [0.25, 0.3) is 5.56 Å². The summed E-state index contributed by atoms with van der Waals surface area (Å²) >= 11 is 0. The summed E-state index contributed by atoms with van der Waals surface area (Å²) < 4.78 is 61.4.